The molecule has 1 unspecified atom stereocenters. The molecule has 2 N–H and O–H groups in total. The highest BCUT2D eigenvalue weighted by atomic mass is 35.5. The first-order chi connectivity index (χ1) is 10.8. The lowest BCUT2D eigenvalue weighted by molar-refractivity contribution is -0.120. The summed E-state index contributed by atoms with van der Waals surface area (Å²) in [6.07, 6.45) is 2.35. The number of aromatic nitrogens is 1. The fraction of sp³-hybridized carbons (Fsp3) is 0.412. The summed E-state index contributed by atoms with van der Waals surface area (Å²) < 4.78 is 0. The highest BCUT2D eigenvalue weighted by molar-refractivity contribution is 7.09. The van der Waals surface area contributed by atoms with Gasteiger partial charge >= 0.3 is 0 Å². The molecule has 7 heteroatoms. The van der Waals surface area contributed by atoms with Crippen LogP contribution < -0.4 is 10.6 Å². The number of carbonyl (C=O) groups is 1. The summed E-state index contributed by atoms with van der Waals surface area (Å²) in [5, 5.41) is 9.58. The zero-order chi connectivity index (χ0) is 15.4. The molecule has 1 amide bonds. The van der Waals surface area contributed by atoms with Gasteiger partial charge in [-0.05, 0) is 30.5 Å². The quantitative estimate of drug-likeness (QED) is 0.828. The molecule has 0 fully saturated rings. The van der Waals surface area contributed by atoms with Crippen LogP contribution in [0.15, 0.2) is 29.6 Å². The Morgan fingerprint density at radius 3 is 2.92 bits per heavy atom. The van der Waals surface area contributed by atoms with Gasteiger partial charge in [-0.2, -0.15) is 0 Å². The largest absolute Gasteiger partial charge is 0.354 e. The summed E-state index contributed by atoms with van der Waals surface area (Å²) >= 11 is 1.62. The Bertz CT molecular complexity index is 663. The maximum absolute atomic E-state index is 12.1. The van der Waals surface area contributed by atoms with Crippen LogP contribution in [0.3, 0.4) is 0 Å². The van der Waals surface area contributed by atoms with Gasteiger partial charge in [0.15, 0.2) is 0 Å². The first kappa shape index (κ1) is 20.9. The normalized spacial score (nSPS) is 15.6. The van der Waals surface area contributed by atoms with Crippen molar-refractivity contribution in [2.45, 2.75) is 32.2 Å². The van der Waals surface area contributed by atoms with Gasteiger partial charge < -0.3 is 10.6 Å². The molecule has 4 nitrogen and oxygen atoms in total. The molecule has 0 saturated heterocycles. The van der Waals surface area contributed by atoms with E-state index in [1.807, 2.05) is 5.38 Å². The van der Waals surface area contributed by atoms with E-state index in [4.69, 9.17) is 0 Å². The van der Waals surface area contributed by atoms with Crippen LogP contribution in [0, 0.1) is 0 Å². The van der Waals surface area contributed by atoms with Crippen LogP contribution in [-0.2, 0) is 24.1 Å². The van der Waals surface area contributed by atoms with Crippen molar-refractivity contribution in [1.82, 2.24) is 15.6 Å². The molecule has 132 valence electrons. The van der Waals surface area contributed by atoms with Crippen LogP contribution in [0.2, 0.25) is 0 Å². The summed E-state index contributed by atoms with van der Waals surface area (Å²) in [6, 6.07) is 8.66. The number of carbonyl (C=O) groups excluding carboxylic acids is 1. The minimum Gasteiger partial charge on any atom is -0.354 e. The number of nitrogens with one attached hydrogen (secondary N) is 2. The number of nitrogens with zero attached hydrogens (tertiary/aromatic N) is 1. The molecular formula is C17H23Cl2N3OS. The lowest BCUT2D eigenvalue weighted by Gasteiger charge is -2.27. The van der Waals surface area contributed by atoms with Crippen molar-refractivity contribution in [3.8, 4) is 0 Å². The Morgan fingerprint density at radius 1 is 1.38 bits per heavy atom. The zero-order valence-corrected chi connectivity index (χ0v) is 16.0. The highest BCUT2D eigenvalue weighted by Crippen LogP contribution is 2.21. The van der Waals surface area contributed by atoms with Crippen LogP contribution in [0.5, 0.6) is 0 Å². The van der Waals surface area contributed by atoms with E-state index in [-0.39, 0.29) is 36.8 Å². The molecule has 2 aromatic rings. The Balaban J connectivity index is 0.00000144. The van der Waals surface area contributed by atoms with E-state index in [2.05, 4.69) is 46.8 Å². The van der Waals surface area contributed by atoms with E-state index in [0.717, 1.165) is 30.1 Å². The molecule has 0 bridgehead atoms. The number of hydrogen-bond donors (Lipinski definition) is 2. The Kier molecular flexibility index (Phi) is 8.70. The fourth-order valence-electron chi connectivity index (χ4n) is 2.81. The first-order valence-electron chi connectivity index (χ1n) is 7.77. The molecule has 24 heavy (non-hydrogen) atoms. The van der Waals surface area contributed by atoms with Crippen molar-refractivity contribution < 1.29 is 4.79 Å². The molecule has 3 rings (SSSR count). The van der Waals surface area contributed by atoms with Crippen molar-refractivity contribution in [2.75, 3.05) is 13.1 Å². The standard InChI is InChI=1S/C17H21N3OS.2ClH/c1-2-17-20-13(11-22-17)9-16(21)19-10-15-14-6-4-3-5-12(14)7-8-18-15;;/h3-6,11,15,18H,2,7-10H2,1H3,(H,19,21);2*1H. The van der Waals surface area contributed by atoms with Gasteiger partial charge in [0.1, 0.15) is 0 Å². The minimum absolute atomic E-state index is 0. The molecule has 0 saturated carbocycles. The minimum atomic E-state index is 0. The van der Waals surface area contributed by atoms with Crippen LogP contribution >= 0.6 is 36.2 Å². The Hall–Kier alpha value is -1.14. The monoisotopic (exact) mass is 387 g/mol. The van der Waals surface area contributed by atoms with Gasteiger partial charge in [0.05, 0.1) is 17.1 Å². The summed E-state index contributed by atoms with van der Waals surface area (Å²) in [4.78, 5) is 16.5. The number of fused-ring (bicyclic) bond motifs is 1. The summed E-state index contributed by atoms with van der Waals surface area (Å²) in [5.41, 5.74) is 3.56. The van der Waals surface area contributed by atoms with Crippen LogP contribution in [-0.4, -0.2) is 24.0 Å². The third-order valence-corrected chi connectivity index (χ3v) is 5.00. The molecule has 1 aromatic carbocycles. The van der Waals surface area contributed by atoms with E-state index < -0.39 is 0 Å². The number of halogens is 2. The van der Waals surface area contributed by atoms with Gasteiger partial charge in [-0.3, -0.25) is 4.79 Å². The van der Waals surface area contributed by atoms with Gasteiger partial charge in [-0.1, -0.05) is 31.2 Å². The van der Waals surface area contributed by atoms with Gasteiger partial charge in [0, 0.05) is 18.0 Å². The predicted molar refractivity (Wildman–Crippen MR) is 104 cm³/mol. The average Bonchev–Trinajstić information content (AvgIpc) is 3.00. The Labute approximate surface area is 159 Å². The van der Waals surface area contributed by atoms with Crippen molar-refractivity contribution in [3.05, 3.63) is 51.5 Å². The van der Waals surface area contributed by atoms with Crippen LogP contribution in [0.25, 0.3) is 0 Å². The molecule has 0 aliphatic carbocycles. The maximum Gasteiger partial charge on any atom is 0.226 e. The second-order valence-corrected chi connectivity index (χ2v) is 6.47. The van der Waals surface area contributed by atoms with Gasteiger partial charge in [0.2, 0.25) is 5.91 Å². The summed E-state index contributed by atoms with van der Waals surface area (Å²) in [7, 11) is 0. The summed E-state index contributed by atoms with van der Waals surface area (Å²) in [5.74, 6) is 0.0396. The number of aryl methyl sites for hydroxylation is 1. The van der Waals surface area contributed by atoms with E-state index in [1.54, 1.807) is 11.3 Å². The van der Waals surface area contributed by atoms with Crippen LogP contribution in [0.1, 0.15) is 34.8 Å². The zero-order valence-electron chi connectivity index (χ0n) is 13.6. The summed E-state index contributed by atoms with van der Waals surface area (Å²) in [6.45, 7) is 3.67. The topological polar surface area (TPSA) is 54.0 Å². The van der Waals surface area contributed by atoms with Crippen molar-refractivity contribution in [3.63, 3.8) is 0 Å². The molecule has 1 aliphatic heterocycles. The molecule has 1 aromatic heterocycles. The molecule has 2 heterocycles. The SMILES string of the molecule is CCc1nc(CC(=O)NCC2NCCc3ccccc32)cs1.Cl.Cl. The highest BCUT2D eigenvalue weighted by Gasteiger charge is 2.19. The van der Waals surface area contributed by atoms with Crippen molar-refractivity contribution >= 4 is 42.1 Å². The van der Waals surface area contributed by atoms with Gasteiger partial charge in [-0.15, -0.1) is 36.2 Å². The molecule has 1 atom stereocenters. The smallest absolute Gasteiger partial charge is 0.226 e. The lowest BCUT2D eigenvalue weighted by Crippen LogP contribution is -2.39. The van der Waals surface area contributed by atoms with E-state index in [0.29, 0.717) is 13.0 Å². The number of rotatable bonds is 5. The molecule has 0 radical (unpaired) electrons. The van der Waals surface area contributed by atoms with Crippen LogP contribution in [0.4, 0.5) is 0 Å². The number of benzene rings is 1. The first-order valence-corrected chi connectivity index (χ1v) is 8.65. The average molecular weight is 388 g/mol. The van der Waals surface area contributed by atoms with Crippen molar-refractivity contribution in [1.29, 1.82) is 0 Å². The molecular weight excluding hydrogens is 365 g/mol. The van der Waals surface area contributed by atoms with E-state index in [9.17, 15) is 4.79 Å². The van der Waals surface area contributed by atoms with E-state index in [1.165, 1.54) is 11.1 Å². The van der Waals surface area contributed by atoms with E-state index >= 15 is 0 Å². The van der Waals surface area contributed by atoms with Gasteiger partial charge in [0.25, 0.3) is 0 Å². The number of thiazole rings is 1. The third-order valence-electron chi connectivity index (χ3n) is 3.96. The third kappa shape index (κ3) is 5.18. The molecule has 0 spiro atoms. The van der Waals surface area contributed by atoms with Crippen molar-refractivity contribution in [2.24, 2.45) is 0 Å². The maximum atomic E-state index is 12.1. The second kappa shape index (κ2) is 9.99. The second-order valence-electron chi connectivity index (χ2n) is 5.52. The van der Waals surface area contributed by atoms with Gasteiger partial charge in [-0.25, -0.2) is 4.98 Å². The Morgan fingerprint density at radius 2 is 2.17 bits per heavy atom. The molecule has 1 aliphatic rings. The number of hydrogen-bond acceptors (Lipinski definition) is 4. The fourth-order valence-corrected chi connectivity index (χ4v) is 3.56. The lowest BCUT2D eigenvalue weighted by atomic mass is 9.94. The predicted octanol–water partition coefficient (Wildman–Crippen LogP) is 3.09. The number of amides is 1.